The Morgan fingerprint density at radius 3 is 2.62 bits per heavy atom. The molecular formula is C20H36N4. The first kappa shape index (κ1) is 18.1. The topological polar surface area (TPSA) is 44.9 Å². The van der Waals surface area contributed by atoms with E-state index >= 15 is 0 Å². The van der Waals surface area contributed by atoms with Crippen molar-refractivity contribution in [2.75, 3.05) is 39.8 Å². The number of aliphatic imine (C=N–C) groups is 1. The Hall–Kier alpha value is -0.710. The molecule has 2 heterocycles. The van der Waals surface area contributed by atoms with Gasteiger partial charge in [0.1, 0.15) is 0 Å². The summed E-state index contributed by atoms with van der Waals surface area (Å²) in [6, 6.07) is 0.880. The normalized spacial score (nSPS) is 40.3. The van der Waals surface area contributed by atoms with Crippen LogP contribution in [0.4, 0.5) is 0 Å². The molecule has 3 rings (SSSR count). The molecule has 0 saturated carbocycles. The number of nitrogens with two attached hydrogens (primary N) is 1. The molecule has 1 fully saturated rings. The van der Waals surface area contributed by atoms with Gasteiger partial charge in [-0.3, -0.25) is 9.89 Å². The molecule has 4 heteroatoms. The highest BCUT2D eigenvalue weighted by Crippen LogP contribution is 2.35. The summed E-state index contributed by atoms with van der Waals surface area (Å²) in [6.07, 6.45) is 8.28. The van der Waals surface area contributed by atoms with Gasteiger partial charge in [-0.2, -0.15) is 0 Å². The van der Waals surface area contributed by atoms with E-state index in [1.54, 1.807) is 11.1 Å². The number of hydrogen-bond donors (Lipinski definition) is 1. The van der Waals surface area contributed by atoms with Gasteiger partial charge >= 0.3 is 0 Å². The number of rotatable bonds is 2. The molecule has 0 spiro atoms. The van der Waals surface area contributed by atoms with E-state index in [-0.39, 0.29) is 6.04 Å². The molecule has 136 valence electrons. The van der Waals surface area contributed by atoms with Gasteiger partial charge in [0, 0.05) is 56.9 Å². The van der Waals surface area contributed by atoms with E-state index in [9.17, 15) is 0 Å². The fraction of sp³-hybridized carbons (Fsp3) is 0.850. The highest BCUT2D eigenvalue weighted by molar-refractivity contribution is 5.66. The van der Waals surface area contributed by atoms with Gasteiger partial charge in [0.25, 0.3) is 0 Å². The van der Waals surface area contributed by atoms with Gasteiger partial charge in [0.2, 0.25) is 0 Å². The first-order valence-electron chi connectivity index (χ1n) is 9.91. The first-order chi connectivity index (χ1) is 11.5. The van der Waals surface area contributed by atoms with E-state index in [1.807, 2.05) is 6.21 Å². The second-order valence-electron chi connectivity index (χ2n) is 8.41. The van der Waals surface area contributed by atoms with Crippen molar-refractivity contribution in [1.29, 1.82) is 0 Å². The molecule has 4 unspecified atom stereocenters. The molecule has 24 heavy (non-hydrogen) atoms. The molecule has 1 aliphatic carbocycles. The quantitative estimate of drug-likeness (QED) is 0.791. The van der Waals surface area contributed by atoms with Crippen molar-refractivity contribution in [2.24, 2.45) is 22.6 Å². The Balaban J connectivity index is 1.71. The van der Waals surface area contributed by atoms with E-state index in [1.165, 1.54) is 51.9 Å². The third-order valence-corrected chi connectivity index (χ3v) is 6.44. The molecule has 1 saturated heterocycles. The van der Waals surface area contributed by atoms with Crippen LogP contribution in [0.25, 0.3) is 0 Å². The van der Waals surface area contributed by atoms with Crippen molar-refractivity contribution in [3.05, 3.63) is 11.1 Å². The Morgan fingerprint density at radius 1 is 1.17 bits per heavy atom. The lowest BCUT2D eigenvalue weighted by atomic mass is 9.77. The predicted octanol–water partition coefficient (Wildman–Crippen LogP) is 2.55. The van der Waals surface area contributed by atoms with Gasteiger partial charge in [-0.1, -0.05) is 18.1 Å². The van der Waals surface area contributed by atoms with Crippen LogP contribution in [0.2, 0.25) is 0 Å². The summed E-state index contributed by atoms with van der Waals surface area (Å²) in [5, 5.41) is 0. The van der Waals surface area contributed by atoms with Gasteiger partial charge in [-0.15, -0.1) is 0 Å². The zero-order valence-electron chi connectivity index (χ0n) is 15.9. The molecular weight excluding hydrogens is 296 g/mol. The van der Waals surface area contributed by atoms with Crippen LogP contribution in [-0.2, 0) is 0 Å². The minimum Gasteiger partial charge on any atom is -0.323 e. The van der Waals surface area contributed by atoms with Crippen LogP contribution < -0.4 is 5.73 Å². The minimum atomic E-state index is 0.125. The van der Waals surface area contributed by atoms with E-state index in [2.05, 4.69) is 35.7 Å². The highest BCUT2D eigenvalue weighted by atomic mass is 15.3. The number of nitrogens with zero attached hydrogens (tertiary/aromatic N) is 3. The lowest BCUT2D eigenvalue weighted by Crippen LogP contribution is -2.49. The van der Waals surface area contributed by atoms with Gasteiger partial charge in [0.15, 0.2) is 0 Å². The van der Waals surface area contributed by atoms with Crippen LogP contribution in [0.3, 0.4) is 0 Å². The summed E-state index contributed by atoms with van der Waals surface area (Å²) in [6.45, 7) is 10.7. The fourth-order valence-corrected chi connectivity index (χ4v) is 4.99. The second kappa shape index (κ2) is 8.11. The average Bonchev–Trinajstić information content (AvgIpc) is 2.55. The van der Waals surface area contributed by atoms with Crippen molar-refractivity contribution in [2.45, 2.75) is 58.0 Å². The molecule has 2 N–H and O–H groups in total. The number of piperazine rings is 1. The maximum atomic E-state index is 6.39. The Kier molecular flexibility index (Phi) is 6.12. The van der Waals surface area contributed by atoms with Crippen LogP contribution in [-0.4, -0.2) is 67.9 Å². The van der Waals surface area contributed by atoms with Gasteiger partial charge in [0.05, 0.1) is 0 Å². The number of likely N-dealkylation sites (N-methyl/N-ethyl adjacent to an activating group) is 1. The standard InChI is InChI=1S/C20H36N4/c1-15-12-16(2)18(19-6-7-22-14-20(19)21)5-4-17(13-15)24-10-8-23(3)9-11-24/h14-15,17,19-20H,4-13,21H2,1-3H3/b18-16+. The summed E-state index contributed by atoms with van der Waals surface area (Å²) >= 11 is 0. The zero-order valence-corrected chi connectivity index (χ0v) is 15.9. The minimum absolute atomic E-state index is 0.125. The molecule has 4 nitrogen and oxygen atoms in total. The lowest BCUT2D eigenvalue weighted by Gasteiger charge is -2.41. The van der Waals surface area contributed by atoms with Crippen LogP contribution >= 0.6 is 0 Å². The van der Waals surface area contributed by atoms with Crippen LogP contribution in [0, 0.1) is 11.8 Å². The maximum absolute atomic E-state index is 6.39. The molecule has 0 amide bonds. The number of allylic oxidation sites excluding steroid dienone is 1. The zero-order chi connectivity index (χ0) is 17.1. The molecule has 3 aliphatic rings. The molecule has 4 atom stereocenters. The summed E-state index contributed by atoms with van der Waals surface area (Å²) in [7, 11) is 2.24. The average molecular weight is 333 g/mol. The Morgan fingerprint density at radius 2 is 1.92 bits per heavy atom. The van der Waals surface area contributed by atoms with Crippen molar-refractivity contribution in [3.63, 3.8) is 0 Å². The first-order valence-corrected chi connectivity index (χ1v) is 9.91. The van der Waals surface area contributed by atoms with E-state index < -0.39 is 0 Å². The third-order valence-electron chi connectivity index (χ3n) is 6.44. The molecule has 2 aliphatic heterocycles. The van der Waals surface area contributed by atoms with Crippen molar-refractivity contribution in [1.82, 2.24) is 9.80 Å². The largest absolute Gasteiger partial charge is 0.323 e. The maximum Gasteiger partial charge on any atom is 0.0462 e. The molecule has 0 aromatic rings. The van der Waals surface area contributed by atoms with E-state index in [0.29, 0.717) is 5.92 Å². The number of hydrogen-bond acceptors (Lipinski definition) is 4. The molecule has 0 aromatic carbocycles. The summed E-state index contributed by atoms with van der Waals surface area (Å²) in [5.41, 5.74) is 9.68. The SMILES string of the molecule is C/C1=C(\C2CCN=CC2N)CCC(N2CCN(C)CC2)CC(C)C1. The third kappa shape index (κ3) is 4.27. The monoisotopic (exact) mass is 332 g/mol. The fourth-order valence-electron chi connectivity index (χ4n) is 4.99. The van der Waals surface area contributed by atoms with Gasteiger partial charge < -0.3 is 10.6 Å². The smallest absolute Gasteiger partial charge is 0.0462 e. The van der Waals surface area contributed by atoms with Crippen molar-refractivity contribution >= 4 is 6.21 Å². The van der Waals surface area contributed by atoms with Gasteiger partial charge in [-0.25, -0.2) is 0 Å². The van der Waals surface area contributed by atoms with E-state index in [0.717, 1.165) is 24.9 Å². The summed E-state index contributed by atoms with van der Waals surface area (Å²) < 4.78 is 0. The lowest BCUT2D eigenvalue weighted by molar-refractivity contribution is 0.0925. The Labute approximate surface area is 148 Å². The molecule has 0 bridgehead atoms. The van der Waals surface area contributed by atoms with Crippen LogP contribution in [0.15, 0.2) is 16.1 Å². The summed E-state index contributed by atoms with van der Waals surface area (Å²) in [5.74, 6) is 1.30. The van der Waals surface area contributed by atoms with Gasteiger partial charge in [-0.05, 0) is 52.0 Å². The summed E-state index contributed by atoms with van der Waals surface area (Å²) in [4.78, 5) is 9.61. The van der Waals surface area contributed by atoms with Crippen LogP contribution in [0.5, 0.6) is 0 Å². The van der Waals surface area contributed by atoms with Crippen molar-refractivity contribution in [3.8, 4) is 0 Å². The Bertz CT molecular complexity index is 476. The molecule has 0 radical (unpaired) electrons. The van der Waals surface area contributed by atoms with Crippen LogP contribution in [0.1, 0.15) is 46.0 Å². The van der Waals surface area contributed by atoms with E-state index in [4.69, 9.17) is 5.73 Å². The predicted molar refractivity (Wildman–Crippen MR) is 103 cm³/mol. The molecule has 0 aromatic heterocycles. The second-order valence-corrected chi connectivity index (χ2v) is 8.41. The highest BCUT2D eigenvalue weighted by Gasteiger charge is 2.30. The van der Waals surface area contributed by atoms with Crippen molar-refractivity contribution < 1.29 is 0 Å².